The summed E-state index contributed by atoms with van der Waals surface area (Å²) in [4.78, 5) is 26.8. The fraction of sp³-hybridized carbons (Fsp3) is 0.600. The molecule has 0 saturated carbocycles. The number of hydrogen-bond donors (Lipinski definition) is 0. The second-order valence-corrected chi connectivity index (χ2v) is 9.58. The van der Waals surface area contributed by atoms with E-state index >= 15 is 0 Å². The van der Waals surface area contributed by atoms with E-state index in [1.807, 2.05) is 13.8 Å². The molecule has 0 unspecified atom stereocenters. The van der Waals surface area contributed by atoms with Crippen molar-refractivity contribution in [2.24, 2.45) is 0 Å². The predicted octanol–water partition coefficient (Wildman–Crippen LogP) is 2.42. The molecule has 2 aliphatic rings. The van der Waals surface area contributed by atoms with Crippen LogP contribution in [0.15, 0.2) is 29.2 Å². The number of nitrogens with zero attached hydrogens (tertiary/aromatic N) is 2. The zero-order valence-corrected chi connectivity index (χ0v) is 17.3. The van der Waals surface area contributed by atoms with Crippen molar-refractivity contribution >= 4 is 21.9 Å². The summed E-state index contributed by atoms with van der Waals surface area (Å²) in [6, 6.07) is 6.09. The van der Waals surface area contributed by atoms with Gasteiger partial charge in [0.15, 0.2) is 6.61 Å². The lowest BCUT2D eigenvalue weighted by Crippen LogP contribution is -2.49. The molecule has 154 valence electrons. The summed E-state index contributed by atoms with van der Waals surface area (Å²) in [7, 11) is -3.61. The Morgan fingerprint density at radius 2 is 1.71 bits per heavy atom. The maximum atomic E-state index is 12.7. The van der Waals surface area contributed by atoms with Crippen LogP contribution in [0.5, 0.6) is 0 Å². The summed E-state index contributed by atoms with van der Waals surface area (Å²) in [6.45, 7) is 4.66. The molecule has 0 bridgehead atoms. The largest absolute Gasteiger partial charge is 0.452 e. The number of ether oxygens (including phenoxy) is 1. The molecule has 2 atom stereocenters. The maximum Gasteiger partial charge on any atom is 0.338 e. The number of hydrogen-bond acceptors (Lipinski definition) is 5. The lowest BCUT2D eigenvalue weighted by atomic mass is 9.97. The highest BCUT2D eigenvalue weighted by Crippen LogP contribution is 2.23. The molecule has 1 aromatic carbocycles. The Morgan fingerprint density at radius 1 is 1.07 bits per heavy atom. The fourth-order valence-corrected chi connectivity index (χ4v) is 5.62. The summed E-state index contributed by atoms with van der Waals surface area (Å²) < 4.78 is 32.0. The molecule has 1 aromatic rings. The van der Waals surface area contributed by atoms with Crippen LogP contribution in [0, 0.1) is 0 Å². The normalized spacial score (nSPS) is 23.6. The topological polar surface area (TPSA) is 84.0 Å². The van der Waals surface area contributed by atoms with E-state index < -0.39 is 16.0 Å². The minimum Gasteiger partial charge on any atom is -0.452 e. The molecule has 2 heterocycles. The van der Waals surface area contributed by atoms with E-state index in [0.717, 1.165) is 32.1 Å². The number of carbonyl (C=O) groups is 2. The van der Waals surface area contributed by atoms with Crippen LogP contribution < -0.4 is 0 Å². The smallest absolute Gasteiger partial charge is 0.338 e. The zero-order valence-electron chi connectivity index (χ0n) is 16.5. The molecule has 2 fully saturated rings. The van der Waals surface area contributed by atoms with Gasteiger partial charge in [0, 0.05) is 25.2 Å². The second kappa shape index (κ2) is 8.61. The van der Waals surface area contributed by atoms with E-state index in [-0.39, 0.29) is 35.1 Å². The number of likely N-dealkylation sites (tertiary alicyclic amines) is 1. The summed E-state index contributed by atoms with van der Waals surface area (Å²) in [6.07, 6.45) is 4.66. The Labute approximate surface area is 166 Å². The van der Waals surface area contributed by atoms with E-state index in [9.17, 15) is 18.0 Å². The molecule has 0 aromatic heterocycles. The van der Waals surface area contributed by atoms with Crippen LogP contribution in [-0.2, 0) is 19.6 Å². The van der Waals surface area contributed by atoms with Gasteiger partial charge in [-0.3, -0.25) is 4.79 Å². The minimum atomic E-state index is -3.61. The summed E-state index contributed by atoms with van der Waals surface area (Å²) in [5, 5.41) is 0. The highest BCUT2D eigenvalue weighted by Gasteiger charge is 2.30. The van der Waals surface area contributed by atoms with Gasteiger partial charge in [-0.1, -0.05) is 6.07 Å². The first-order valence-electron chi connectivity index (χ1n) is 9.89. The van der Waals surface area contributed by atoms with Crippen LogP contribution in [0.3, 0.4) is 0 Å². The van der Waals surface area contributed by atoms with Gasteiger partial charge in [-0.25, -0.2) is 13.2 Å². The quantitative estimate of drug-likeness (QED) is 0.699. The van der Waals surface area contributed by atoms with Gasteiger partial charge in [-0.2, -0.15) is 4.31 Å². The molecular weight excluding hydrogens is 380 g/mol. The molecule has 2 saturated heterocycles. The predicted molar refractivity (Wildman–Crippen MR) is 104 cm³/mol. The standard InChI is InChI=1S/C20H28N2O5S/c1-15-7-5-8-16(2)22(15)19(23)14-27-20(24)17-9-6-10-18(13-17)28(25,26)21-11-3-4-12-21/h6,9-10,13,15-16H,3-5,7-8,11-12,14H2,1-2H3/t15-,16+. The SMILES string of the molecule is C[C@@H]1CCC[C@H](C)N1C(=O)COC(=O)c1cccc(S(=O)(=O)N2CCCC2)c1. The number of sulfonamides is 1. The first-order chi connectivity index (χ1) is 13.3. The minimum absolute atomic E-state index is 0.0773. The van der Waals surface area contributed by atoms with Crippen molar-refractivity contribution < 1.29 is 22.7 Å². The Kier molecular flexibility index (Phi) is 6.40. The summed E-state index contributed by atoms with van der Waals surface area (Å²) in [5.41, 5.74) is 0.132. The van der Waals surface area contributed by atoms with Crippen LogP contribution in [0.2, 0.25) is 0 Å². The third-order valence-electron chi connectivity index (χ3n) is 5.58. The zero-order chi connectivity index (χ0) is 20.3. The third kappa shape index (κ3) is 4.38. The maximum absolute atomic E-state index is 12.7. The second-order valence-electron chi connectivity index (χ2n) is 7.65. The molecular formula is C20H28N2O5S. The molecule has 2 aliphatic heterocycles. The molecule has 1 amide bonds. The van der Waals surface area contributed by atoms with E-state index in [1.165, 1.54) is 28.6 Å². The van der Waals surface area contributed by atoms with Gasteiger partial charge in [-0.05, 0) is 64.2 Å². The lowest BCUT2D eigenvalue weighted by molar-refractivity contribution is -0.140. The Bertz CT molecular complexity index is 823. The Balaban J connectivity index is 1.65. The van der Waals surface area contributed by atoms with Crippen molar-refractivity contribution in [2.45, 2.75) is 62.9 Å². The van der Waals surface area contributed by atoms with E-state index in [4.69, 9.17) is 4.74 Å². The van der Waals surface area contributed by atoms with Gasteiger partial charge in [-0.15, -0.1) is 0 Å². The lowest BCUT2D eigenvalue weighted by Gasteiger charge is -2.38. The van der Waals surface area contributed by atoms with Crippen molar-refractivity contribution in [3.8, 4) is 0 Å². The van der Waals surface area contributed by atoms with Gasteiger partial charge in [0.05, 0.1) is 10.5 Å². The summed E-state index contributed by atoms with van der Waals surface area (Å²) in [5.74, 6) is -0.905. The van der Waals surface area contributed by atoms with Crippen LogP contribution in [0.1, 0.15) is 56.3 Å². The number of piperidine rings is 1. The molecule has 8 heteroatoms. The highest BCUT2D eigenvalue weighted by atomic mass is 32.2. The van der Waals surface area contributed by atoms with Crippen LogP contribution in [0.4, 0.5) is 0 Å². The molecule has 28 heavy (non-hydrogen) atoms. The van der Waals surface area contributed by atoms with Gasteiger partial charge in [0.25, 0.3) is 5.91 Å². The first kappa shape index (κ1) is 20.8. The van der Waals surface area contributed by atoms with Crippen LogP contribution >= 0.6 is 0 Å². The van der Waals surface area contributed by atoms with Crippen molar-refractivity contribution in [2.75, 3.05) is 19.7 Å². The van der Waals surface area contributed by atoms with Crippen molar-refractivity contribution in [3.05, 3.63) is 29.8 Å². The summed E-state index contributed by atoms with van der Waals surface area (Å²) >= 11 is 0. The number of carbonyl (C=O) groups excluding carboxylic acids is 2. The van der Waals surface area contributed by atoms with Gasteiger partial charge >= 0.3 is 5.97 Å². The van der Waals surface area contributed by atoms with Crippen molar-refractivity contribution in [1.29, 1.82) is 0 Å². The third-order valence-corrected chi connectivity index (χ3v) is 7.48. The number of esters is 1. The van der Waals surface area contributed by atoms with Gasteiger partial charge in [0.1, 0.15) is 0 Å². The van der Waals surface area contributed by atoms with E-state index in [1.54, 1.807) is 4.90 Å². The fourth-order valence-electron chi connectivity index (χ4n) is 4.06. The van der Waals surface area contributed by atoms with Gasteiger partial charge < -0.3 is 9.64 Å². The first-order valence-corrected chi connectivity index (χ1v) is 11.3. The van der Waals surface area contributed by atoms with Crippen molar-refractivity contribution in [1.82, 2.24) is 9.21 Å². The number of benzene rings is 1. The molecule has 0 aliphatic carbocycles. The van der Waals surface area contributed by atoms with Crippen LogP contribution in [0.25, 0.3) is 0 Å². The molecule has 3 rings (SSSR count). The van der Waals surface area contributed by atoms with Crippen LogP contribution in [-0.4, -0.2) is 61.3 Å². The number of amides is 1. The Hall–Kier alpha value is -1.93. The van der Waals surface area contributed by atoms with E-state index in [2.05, 4.69) is 0 Å². The van der Waals surface area contributed by atoms with Gasteiger partial charge in [0.2, 0.25) is 10.0 Å². The average Bonchev–Trinajstić information content (AvgIpc) is 3.22. The molecule has 0 N–H and O–H groups in total. The average molecular weight is 409 g/mol. The molecule has 7 nitrogen and oxygen atoms in total. The number of rotatable bonds is 5. The molecule has 0 spiro atoms. The monoisotopic (exact) mass is 408 g/mol. The van der Waals surface area contributed by atoms with E-state index in [0.29, 0.717) is 13.1 Å². The molecule has 0 radical (unpaired) electrons. The van der Waals surface area contributed by atoms with Crippen molar-refractivity contribution in [3.63, 3.8) is 0 Å². The Morgan fingerprint density at radius 3 is 2.36 bits per heavy atom. The highest BCUT2D eigenvalue weighted by molar-refractivity contribution is 7.89.